The zero-order chi connectivity index (χ0) is 16.5. The van der Waals surface area contributed by atoms with Gasteiger partial charge < -0.3 is 20.1 Å². The number of hydrogen-bond acceptors (Lipinski definition) is 4. The predicted molar refractivity (Wildman–Crippen MR) is 87.8 cm³/mol. The maximum absolute atomic E-state index is 10.7. The lowest BCUT2D eigenvalue weighted by atomic mass is 9.96. The Labute approximate surface area is 136 Å². The first-order valence-corrected chi connectivity index (χ1v) is 8.18. The van der Waals surface area contributed by atoms with E-state index in [1.165, 1.54) is 0 Å². The van der Waals surface area contributed by atoms with Crippen LogP contribution in [0.1, 0.15) is 55.2 Å². The second kappa shape index (κ2) is 9.70. The molecule has 1 rings (SSSR count). The Morgan fingerprint density at radius 3 is 2.14 bits per heavy atom. The van der Waals surface area contributed by atoms with Crippen molar-refractivity contribution in [2.75, 3.05) is 6.61 Å². The summed E-state index contributed by atoms with van der Waals surface area (Å²) in [6.07, 6.45) is 7.15. The highest BCUT2D eigenvalue weighted by Gasteiger charge is 2.19. The van der Waals surface area contributed by atoms with Crippen molar-refractivity contribution >= 4 is 17.9 Å². The van der Waals surface area contributed by atoms with Crippen LogP contribution in [0.15, 0.2) is 0 Å². The maximum atomic E-state index is 10.7. The van der Waals surface area contributed by atoms with Crippen molar-refractivity contribution in [3.05, 3.63) is 21.7 Å². The Hall–Kier alpha value is -1.26. The molecule has 0 bridgehead atoms. The van der Waals surface area contributed by atoms with Crippen molar-refractivity contribution in [1.82, 2.24) is 0 Å². The predicted octanol–water partition coefficient (Wildman–Crippen LogP) is 3.68. The first-order chi connectivity index (χ1) is 10.5. The number of aliphatic hydroxyl groups excluding tert-OH is 1. The summed E-state index contributed by atoms with van der Waals surface area (Å²) >= 11 is 6.09. The third-order valence-electron chi connectivity index (χ3n) is 3.97. The summed E-state index contributed by atoms with van der Waals surface area (Å²) in [5, 5.41) is 29.3. The van der Waals surface area contributed by atoms with Crippen LogP contribution in [0.25, 0.3) is 0 Å². The van der Waals surface area contributed by atoms with Crippen LogP contribution < -0.4 is 0 Å². The van der Waals surface area contributed by atoms with E-state index in [1.807, 2.05) is 0 Å². The summed E-state index contributed by atoms with van der Waals surface area (Å²) in [5.41, 5.74) is 1.48. The van der Waals surface area contributed by atoms with Gasteiger partial charge in [-0.15, -0.1) is 0 Å². The van der Waals surface area contributed by atoms with Crippen LogP contribution in [0.3, 0.4) is 0 Å². The Morgan fingerprint density at radius 2 is 1.55 bits per heavy atom. The van der Waals surface area contributed by atoms with Gasteiger partial charge in [0.15, 0.2) is 0 Å². The highest BCUT2D eigenvalue weighted by molar-refractivity contribution is 6.33. The number of phenolic OH excluding ortho intramolecular Hbond substituents is 2. The molecule has 0 fully saturated rings. The third kappa shape index (κ3) is 4.89. The van der Waals surface area contributed by atoms with Gasteiger partial charge in [-0.25, -0.2) is 0 Å². The Bertz CT molecular complexity index is 500. The largest absolute Gasteiger partial charge is 0.507 e. The molecule has 1 aromatic carbocycles. The zero-order valence-corrected chi connectivity index (χ0v) is 13.8. The molecule has 0 aliphatic rings. The number of unbranched alkanes of at least 4 members (excludes halogenated alkanes) is 5. The van der Waals surface area contributed by atoms with Gasteiger partial charge in [0, 0.05) is 24.2 Å². The molecule has 0 saturated heterocycles. The van der Waals surface area contributed by atoms with Gasteiger partial charge >= 0.3 is 0 Å². The summed E-state index contributed by atoms with van der Waals surface area (Å²) in [6, 6.07) is 0. The van der Waals surface area contributed by atoms with Crippen LogP contribution in [-0.2, 0) is 17.6 Å². The molecule has 22 heavy (non-hydrogen) atoms. The molecule has 0 saturated carbocycles. The zero-order valence-electron chi connectivity index (χ0n) is 13.1. The molecule has 0 aromatic heterocycles. The molecule has 4 nitrogen and oxygen atoms in total. The van der Waals surface area contributed by atoms with Gasteiger partial charge in [0.05, 0.1) is 5.02 Å². The third-order valence-corrected chi connectivity index (χ3v) is 4.43. The molecule has 0 amide bonds. The van der Waals surface area contributed by atoms with Crippen molar-refractivity contribution in [1.29, 1.82) is 0 Å². The maximum Gasteiger partial charge on any atom is 0.141 e. The summed E-state index contributed by atoms with van der Waals surface area (Å²) in [7, 11) is 0. The van der Waals surface area contributed by atoms with Crippen molar-refractivity contribution in [3.8, 4) is 11.5 Å². The number of aliphatic hydroxyl groups is 1. The normalized spacial score (nSPS) is 10.9. The lowest BCUT2D eigenvalue weighted by molar-refractivity contribution is -0.107. The van der Waals surface area contributed by atoms with Crippen LogP contribution in [0, 0.1) is 6.92 Å². The molecule has 0 heterocycles. The minimum absolute atomic E-state index is 0.00761. The van der Waals surface area contributed by atoms with Gasteiger partial charge in [-0.3, -0.25) is 0 Å². The molecule has 124 valence electrons. The first kappa shape index (κ1) is 18.8. The van der Waals surface area contributed by atoms with E-state index in [9.17, 15) is 15.0 Å². The molecule has 0 radical (unpaired) electrons. The number of aromatic hydroxyl groups is 2. The fourth-order valence-electron chi connectivity index (χ4n) is 2.61. The van der Waals surface area contributed by atoms with Crippen molar-refractivity contribution in [2.45, 2.75) is 58.3 Å². The number of phenols is 2. The lowest BCUT2D eigenvalue weighted by Crippen LogP contribution is -1.99. The summed E-state index contributed by atoms with van der Waals surface area (Å²) in [5.74, 6) is -0.0848. The molecule has 0 spiro atoms. The van der Waals surface area contributed by atoms with E-state index in [0.29, 0.717) is 23.1 Å². The van der Waals surface area contributed by atoms with Gasteiger partial charge in [-0.1, -0.05) is 37.3 Å². The molecular formula is C17H25ClO4. The summed E-state index contributed by atoms with van der Waals surface area (Å²) < 4.78 is 0. The fraction of sp³-hybridized carbons (Fsp3) is 0.588. The number of hydrogen-bond donors (Lipinski definition) is 3. The molecule has 5 heteroatoms. The molecule has 0 unspecified atom stereocenters. The SMILES string of the molecule is Cc1c(Cl)c(O)c(CCCCCCCCO)c(O)c1CC=O. The molecule has 0 aliphatic carbocycles. The van der Waals surface area contributed by atoms with Gasteiger partial charge in [0.1, 0.15) is 17.8 Å². The number of carbonyl (C=O) groups excluding carboxylic acids is 1. The number of halogens is 1. The van der Waals surface area contributed by atoms with E-state index < -0.39 is 0 Å². The monoisotopic (exact) mass is 328 g/mol. The Balaban J connectivity index is 2.68. The average molecular weight is 329 g/mol. The second-order valence-electron chi connectivity index (χ2n) is 5.56. The Kier molecular flexibility index (Phi) is 8.28. The number of rotatable bonds is 10. The van der Waals surface area contributed by atoms with Crippen molar-refractivity contribution in [3.63, 3.8) is 0 Å². The quantitative estimate of drug-likeness (QED) is 0.452. The highest BCUT2D eigenvalue weighted by Crippen LogP contribution is 2.41. The van der Waals surface area contributed by atoms with Gasteiger partial charge in [0.25, 0.3) is 0 Å². The summed E-state index contributed by atoms with van der Waals surface area (Å²) in [4.78, 5) is 10.7. The van der Waals surface area contributed by atoms with Gasteiger partial charge in [0.2, 0.25) is 0 Å². The standard InChI is InChI=1S/C17H25ClO4/c1-12-13(9-11-20)16(21)14(17(22)15(12)18)8-6-4-2-3-5-7-10-19/h11,19,21-22H,2-10H2,1H3. The summed E-state index contributed by atoms with van der Waals surface area (Å²) in [6.45, 7) is 1.93. The van der Waals surface area contributed by atoms with Crippen molar-refractivity contribution < 1.29 is 20.1 Å². The van der Waals surface area contributed by atoms with E-state index >= 15 is 0 Å². The van der Waals surface area contributed by atoms with Crippen LogP contribution in [0.5, 0.6) is 11.5 Å². The molecule has 0 atom stereocenters. The van der Waals surface area contributed by atoms with Crippen molar-refractivity contribution in [2.24, 2.45) is 0 Å². The van der Waals surface area contributed by atoms with Gasteiger partial charge in [-0.05, 0) is 31.7 Å². The van der Waals surface area contributed by atoms with Gasteiger partial charge in [-0.2, -0.15) is 0 Å². The van der Waals surface area contributed by atoms with E-state index in [-0.39, 0.29) is 29.5 Å². The molecular weight excluding hydrogens is 304 g/mol. The smallest absolute Gasteiger partial charge is 0.141 e. The molecule has 1 aromatic rings. The average Bonchev–Trinajstić information content (AvgIpc) is 2.51. The van der Waals surface area contributed by atoms with Crippen LogP contribution in [0.4, 0.5) is 0 Å². The molecule has 0 aliphatic heterocycles. The minimum Gasteiger partial charge on any atom is -0.507 e. The van der Waals surface area contributed by atoms with E-state index in [4.69, 9.17) is 16.7 Å². The van der Waals surface area contributed by atoms with E-state index in [0.717, 1.165) is 44.8 Å². The number of benzene rings is 1. The number of carbonyl (C=O) groups is 1. The molecule has 3 N–H and O–H groups in total. The minimum atomic E-state index is -0.0772. The van der Waals surface area contributed by atoms with E-state index in [2.05, 4.69) is 0 Å². The Morgan fingerprint density at radius 1 is 0.955 bits per heavy atom. The first-order valence-electron chi connectivity index (χ1n) is 7.80. The second-order valence-corrected chi connectivity index (χ2v) is 5.94. The van der Waals surface area contributed by atoms with Crippen LogP contribution in [0.2, 0.25) is 5.02 Å². The van der Waals surface area contributed by atoms with E-state index in [1.54, 1.807) is 6.92 Å². The lowest BCUT2D eigenvalue weighted by Gasteiger charge is -2.15. The van der Waals surface area contributed by atoms with Crippen LogP contribution in [-0.4, -0.2) is 28.2 Å². The van der Waals surface area contributed by atoms with Crippen LogP contribution >= 0.6 is 11.6 Å². The topological polar surface area (TPSA) is 77.8 Å². The number of aldehydes is 1. The highest BCUT2D eigenvalue weighted by atomic mass is 35.5. The fourth-order valence-corrected chi connectivity index (χ4v) is 2.83.